The van der Waals surface area contributed by atoms with Crippen LogP contribution in [0.5, 0.6) is 0 Å². The van der Waals surface area contributed by atoms with E-state index in [9.17, 15) is 9.59 Å². The molecule has 0 unspecified atom stereocenters. The summed E-state index contributed by atoms with van der Waals surface area (Å²) in [6, 6.07) is 0. The minimum atomic E-state index is -0.555. The Morgan fingerprint density at radius 2 is 2.00 bits per heavy atom. The Labute approximate surface area is 133 Å². The van der Waals surface area contributed by atoms with Gasteiger partial charge in [0.1, 0.15) is 0 Å². The van der Waals surface area contributed by atoms with Gasteiger partial charge in [0.2, 0.25) is 11.8 Å². The van der Waals surface area contributed by atoms with Crippen molar-refractivity contribution in [3.63, 3.8) is 0 Å². The van der Waals surface area contributed by atoms with Crippen LogP contribution in [0.4, 0.5) is 5.13 Å². The average molecular weight is 330 g/mol. The Morgan fingerprint density at radius 1 is 1.38 bits per heavy atom. The fourth-order valence-electron chi connectivity index (χ4n) is 1.89. The molecule has 0 saturated carbocycles. The predicted molar refractivity (Wildman–Crippen MR) is 87.5 cm³/mol. The van der Waals surface area contributed by atoms with Crippen LogP contribution in [0.15, 0.2) is 4.21 Å². The highest BCUT2D eigenvalue weighted by Crippen LogP contribution is 2.33. The molecule has 0 radical (unpaired) electrons. The first-order valence-corrected chi connectivity index (χ1v) is 8.58. The normalized spacial score (nSPS) is 11.4. The van der Waals surface area contributed by atoms with Gasteiger partial charge in [-0.1, -0.05) is 25.2 Å². The smallest absolute Gasteiger partial charge is 0.233 e. The van der Waals surface area contributed by atoms with Crippen LogP contribution in [0.3, 0.4) is 0 Å². The highest BCUT2D eigenvalue weighted by molar-refractivity contribution is 8.01. The van der Waals surface area contributed by atoms with Gasteiger partial charge in [-0.25, -0.2) is 4.98 Å². The molecule has 1 rings (SSSR count). The summed E-state index contributed by atoms with van der Waals surface area (Å²) >= 11 is 2.68. The standard InChI is InChI=1S/C13H22N4O2S2/c1-4-13(5-2,7-14)11(19)17-12-16-8(3)10(21-12)20-6-9(15)18/h4-7,14H2,1-3H3,(H2,15,18)(H,16,17,19). The summed E-state index contributed by atoms with van der Waals surface area (Å²) in [5.41, 5.74) is 11.1. The van der Waals surface area contributed by atoms with Crippen molar-refractivity contribution in [2.24, 2.45) is 16.9 Å². The van der Waals surface area contributed by atoms with Gasteiger partial charge >= 0.3 is 0 Å². The van der Waals surface area contributed by atoms with Crippen LogP contribution in [-0.2, 0) is 9.59 Å². The SMILES string of the molecule is CCC(CC)(CN)C(=O)Nc1nc(C)c(SCC(N)=O)s1. The number of hydrogen-bond acceptors (Lipinski definition) is 6. The lowest BCUT2D eigenvalue weighted by molar-refractivity contribution is -0.125. The maximum Gasteiger partial charge on any atom is 0.233 e. The van der Waals surface area contributed by atoms with Crippen molar-refractivity contribution in [3.05, 3.63) is 5.69 Å². The summed E-state index contributed by atoms with van der Waals surface area (Å²) in [5, 5.41) is 3.38. The Bertz CT molecular complexity index is 504. The molecule has 1 aromatic heterocycles. The number of hydrogen-bond donors (Lipinski definition) is 3. The van der Waals surface area contributed by atoms with E-state index in [2.05, 4.69) is 10.3 Å². The molecule has 6 nitrogen and oxygen atoms in total. The molecule has 0 aromatic carbocycles. The number of nitrogens with two attached hydrogens (primary N) is 2. The Hall–Kier alpha value is -1.12. The van der Waals surface area contributed by atoms with E-state index < -0.39 is 5.41 Å². The number of aryl methyl sites for hydroxylation is 1. The zero-order valence-corrected chi connectivity index (χ0v) is 14.2. The van der Waals surface area contributed by atoms with Crippen LogP contribution in [0.2, 0.25) is 0 Å². The molecule has 2 amide bonds. The summed E-state index contributed by atoms with van der Waals surface area (Å²) in [7, 11) is 0. The summed E-state index contributed by atoms with van der Waals surface area (Å²) in [4.78, 5) is 27.5. The van der Waals surface area contributed by atoms with E-state index in [1.165, 1.54) is 23.1 Å². The van der Waals surface area contributed by atoms with E-state index in [1.807, 2.05) is 20.8 Å². The third-order valence-corrected chi connectivity index (χ3v) is 6.00. The molecule has 21 heavy (non-hydrogen) atoms. The number of amides is 2. The molecular weight excluding hydrogens is 308 g/mol. The molecule has 1 aromatic rings. The molecule has 1 heterocycles. The van der Waals surface area contributed by atoms with Crippen molar-refractivity contribution < 1.29 is 9.59 Å². The number of nitrogens with zero attached hydrogens (tertiary/aromatic N) is 1. The second-order valence-electron chi connectivity index (χ2n) is 4.79. The first kappa shape index (κ1) is 17.9. The first-order chi connectivity index (χ1) is 9.88. The number of primary amides is 1. The fraction of sp³-hybridized carbons (Fsp3) is 0.615. The number of nitrogens with one attached hydrogen (secondary N) is 1. The summed E-state index contributed by atoms with van der Waals surface area (Å²) in [6.45, 7) is 6.05. The van der Waals surface area contributed by atoms with Crippen LogP contribution in [0, 0.1) is 12.3 Å². The number of anilines is 1. The van der Waals surface area contributed by atoms with Gasteiger partial charge in [0, 0.05) is 6.54 Å². The first-order valence-electron chi connectivity index (χ1n) is 6.78. The lowest BCUT2D eigenvalue weighted by Gasteiger charge is -2.27. The average Bonchev–Trinajstić information content (AvgIpc) is 2.79. The van der Waals surface area contributed by atoms with Crippen molar-refractivity contribution in [3.8, 4) is 0 Å². The minimum Gasteiger partial charge on any atom is -0.369 e. The van der Waals surface area contributed by atoms with Gasteiger partial charge in [0.05, 0.1) is 21.1 Å². The number of carbonyl (C=O) groups is 2. The van der Waals surface area contributed by atoms with Gasteiger partial charge in [-0.05, 0) is 19.8 Å². The van der Waals surface area contributed by atoms with Crippen LogP contribution in [0.25, 0.3) is 0 Å². The molecule has 5 N–H and O–H groups in total. The maximum atomic E-state index is 12.4. The van der Waals surface area contributed by atoms with E-state index in [0.717, 1.165) is 9.90 Å². The van der Waals surface area contributed by atoms with Crippen molar-refractivity contribution in [1.29, 1.82) is 0 Å². The molecule has 0 atom stereocenters. The summed E-state index contributed by atoms with van der Waals surface area (Å²) in [5.74, 6) is -0.278. The zero-order chi connectivity index (χ0) is 16.0. The fourth-order valence-corrected chi connectivity index (χ4v) is 3.76. The molecule has 0 saturated heterocycles. The third-order valence-electron chi connectivity index (χ3n) is 3.55. The Balaban J connectivity index is 2.81. The quantitative estimate of drug-likeness (QED) is 0.629. The predicted octanol–water partition coefficient (Wildman–Crippen LogP) is 1.73. The summed E-state index contributed by atoms with van der Waals surface area (Å²) in [6.07, 6.45) is 1.36. The van der Waals surface area contributed by atoms with E-state index in [0.29, 0.717) is 24.5 Å². The number of thiazole rings is 1. The van der Waals surface area contributed by atoms with Crippen molar-refractivity contribution in [2.75, 3.05) is 17.6 Å². The van der Waals surface area contributed by atoms with E-state index >= 15 is 0 Å². The van der Waals surface area contributed by atoms with Crippen molar-refractivity contribution in [1.82, 2.24) is 4.98 Å². The molecule has 0 aliphatic heterocycles. The molecule has 118 valence electrons. The molecular formula is C13H22N4O2S2. The van der Waals surface area contributed by atoms with Crippen molar-refractivity contribution >= 4 is 40.0 Å². The lowest BCUT2D eigenvalue weighted by Crippen LogP contribution is -2.41. The minimum absolute atomic E-state index is 0.102. The second-order valence-corrected chi connectivity index (χ2v) is 7.04. The highest BCUT2D eigenvalue weighted by atomic mass is 32.2. The van der Waals surface area contributed by atoms with Gasteiger partial charge in [0.25, 0.3) is 0 Å². The number of thioether (sulfide) groups is 1. The molecule has 0 spiro atoms. The molecule has 0 bridgehead atoms. The van der Waals surface area contributed by atoms with Gasteiger partial charge in [-0.2, -0.15) is 0 Å². The number of rotatable bonds is 8. The Kier molecular flexibility index (Phi) is 6.63. The molecule has 0 fully saturated rings. The molecule has 0 aliphatic carbocycles. The van der Waals surface area contributed by atoms with E-state index in [1.54, 1.807) is 0 Å². The van der Waals surface area contributed by atoms with Gasteiger partial charge in [-0.15, -0.1) is 11.8 Å². The summed E-state index contributed by atoms with van der Waals surface area (Å²) < 4.78 is 0.885. The van der Waals surface area contributed by atoms with Crippen molar-refractivity contribution in [2.45, 2.75) is 37.8 Å². The largest absolute Gasteiger partial charge is 0.369 e. The van der Waals surface area contributed by atoms with Gasteiger partial charge < -0.3 is 16.8 Å². The number of carbonyl (C=O) groups excluding carboxylic acids is 2. The second kappa shape index (κ2) is 7.77. The zero-order valence-electron chi connectivity index (χ0n) is 12.6. The highest BCUT2D eigenvalue weighted by Gasteiger charge is 2.33. The molecule has 0 aliphatic rings. The maximum absolute atomic E-state index is 12.4. The van der Waals surface area contributed by atoms with Crippen LogP contribution in [-0.4, -0.2) is 29.1 Å². The van der Waals surface area contributed by atoms with E-state index in [-0.39, 0.29) is 17.6 Å². The third kappa shape index (κ3) is 4.42. The topological polar surface area (TPSA) is 111 Å². The Morgan fingerprint density at radius 3 is 2.48 bits per heavy atom. The molecule has 8 heteroatoms. The van der Waals surface area contributed by atoms with E-state index in [4.69, 9.17) is 11.5 Å². The number of aromatic nitrogens is 1. The van der Waals surface area contributed by atoms with Gasteiger partial charge in [0.15, 0.2) is 5.13 Å². The lowest BCUT2D eigenvalue weighted by atomic mass is 9.81. The monoisotopic (exact) mass is 330 g/mol. The van der Waals surface area contributed by atoms with Crippen LogP contribution in [0.1, 0.15) is 32.4 Å². The van der Waals surface area contributed by atoms with Crippen LogP contribution < -0.4 is 16.8 Å². The van der Waals surface area contributed by atoms with Gasteiger partial charge in [-0.3, -0.25) is 9.59 Å². The van der Waals surface area contributed by atoms with Crippen LogP contribution >= 0.6 is 23.1 Å².